The minimum Gasteiger partial charge on any atom is -0.302 e. The van der Waals surface area contributed by atoms with Gasteiger partial charge in [0, 0.05) is 13.2 Å². The van der Waals surface area contributed by atoms with Crippen LogP contribution < -0.4 is 0 Å². The van der Waals surface area contributed by atoms with Gasteiger partial charge in [0.15, 0.2) is 0 Å². The molecule has 0 amide bonds. The minimum atomic E-state index is -0.305. The van der Waals surface area contributed by atoms with Crippen molar-refractivity contribution in [2.45, 2.75) is 38.4 Å². The van der Waals surface area contributed by atoms with Gasteiger partial charge in [-0.1, -0.05) is 30.8 Å². The maximum Gasteiger partial charge on any atom is 0.129 e. The van der Waals surface area contributed by atoms with Crippen molar-refractivity contribution in [2.24, 2.45) is 5.41 Å². The van der Waals surface area contributed by atoms with Crippen LogP contribution in [0.5, 0.6) is 0 Å². The maximum absolute atomic E-state index is 10.9. The lowest BCUT2D eigenvalue weighted by molar-refractivity contribution is -0.113. The highest BCUT2D eigenvalue weighted by Gasteiger charge is 2.24. The predicted octanol–water partition coefficient (Wildman–Crippen LogP) is 1.90. The summed E-state index contributed by atoms with van der Waals surface area (Å²) in [7, 11) is 7.27. The lowest BCUT2D eigenvalue weighted by Crippen LogP contribution is -2.21. The molecule has 0 heterocycles. The van der Waals surface area contributed by atoms with Crippen LogP contribution >= 0.6 is 0 Å². The van der Waals surface area contributed by atoms with Crippen molar-refractivity contribution in [3.05, 3.63) is 12.2 Å². The average Bonchev–Trinajstić information content (AvgIpc) is 2.11. The zero-order valence-electron chi connectivity index (χ0n) is 8.20. The first-order valence-electron chi connectivity index (χ1n) is 4.89. The monoisotopic (exact) mass is 173 g/mol. The second-order valence-corrected chi connectivity index (χ2v) is 4.11. The molecule has 2 atom stereocenters. The molecule has 0 aromatic rings. The molecule has 1 aliphatic rings. The van der Waals surface area contributed by atoms with Crippen molar-refractivity contribution in [1.29, 1.82) is 0 Å². The number of aldehydes is 1. The van der Waals surface area contributed by atoms with Gasteiger partial charge in [0.25, 0.3) is 0 Å². The lowest BCUT2D eigenvalue weighted by Gasteiger charge is -2.27. The van der Waals surface area contributed by atoms with Crippen molar-refractivity contribution in [3.8, 4) is 0 Å². The van der Waals surface area contributed by atoms with Gasteiger partial charge in [-0.25, -0.2) is 0 Å². The molecule has 0 aromatic carbocycles. The Morgan fingerprint density at radius 3 is 3.08 bits per heavy atom. The Morgan fingerprint density at radius 1 is 1.69 bits per heavy atom. The topological polar surface area (TPSA) is 17.1 Å². The zero-order valence-corrected chi connectivity index (χ0v) is 8.20. The number of rotatable bonds is 2. The molecule has 3 radical (unpaired) electrons. The molecule has 0 aliphatic heterocycles. The molecule has 0 saturated heterocycles. The summed E-state index contributed by atoms with van der Waals surface area (Å²) in [5.41, 5.74) is -0.305. The van der Waals surface area contributed by atoms with Crippen LogP contribution in [0.1, 0.15) is 32.6 Å². The van der Waals surface area contributed by atoms with E-state index in [0.29, 0.717) is 5.82 Å². The average molecular weight is 173 g/mol. The first-order chi connectivity index (χ1) is 6.20. The molecule has 3 heteroatoms. The standard InChI is InChI=1S/C10H15B2O/c1-10(8-13)6-4-2-3-5-9(7-10)12-11/h4,6,8-9H,2-3,5,7H2,1H3. The van der Waals surface area contributed by atoms with E-state index in [1.165, 1.54) is 6.42 Å². The Morgan fingerprint density at radius 2 is 2.46 bits per heavy atom. The van der Waals surface area contributed by atoms with Crippen molar-refractivity contribution in [2.75, 3.05) is 0 Å². The Labute approximate surface area is 82.6 Å². The van der Waals surface area contributed by atoms with Gasteiger partial charge in [-0.3, -0.25) is 0 Å². The van der Waals surface area contributed by atoms with Gasteiger partial charge in [-0.05, 0) is 19.8 Å². The van der Waals surface area contributed by atoms with Crippen LogP contribution in [0.4, 0.5) is 0 Å². The Hall–Kier alpha value is -0.460. The third kappa shape index (κ3) is 3.06. The molecular formula is C10H15B2O. The maximum atomic E-state index is 10.9. The molecule has 67 valence electrons. The fourth-order valence-electron chi connectivity index (χ4n) is 1.84. The van der Waals surface area contributed by atoms with Crippen LogP contribution in [-0.4, -0.2) is 21.2 Å². The van der Waals surface area contributed by atoms with Crippen LogP contribution in [0, 0.1) is 5.41 Å². The molecule has 0 bridgehead atoms. The first kappa shape index (κ1) is 10.6. The summed E-state index contributed by atoms with van der Waals surface area (Å²) < 4.78 is 0. The van der Waals surface area contributed by atoms with Gasteiger partial charge >= 0.3 is 0 Å². The molecule has 1 rings (SSSR count). The largest absolute Gasteiger partial charge is 0.302 e. The highest BCUT2D eigenvalue weighted by Crippen LogP contribution is 2.33. The van der Waals surface area contributed by atoms with E-state index in [4.69, 9.17) is 7.74 Å². The molecule has 0 aromatic heterocycles. The smallest absolute Gasteiger partial charge is 0.129 e. The lowest BCUT2D eigenvalue weighted by atomic mass is 9.44. The molecule has 2 unspecified atom stereocenters. The SMILES string of the molecule is [B][B]C1CCCC=CC(C)(C=O)C1. The number of carbonyl (C=O) groups excluding carboxylic acids is 1. The Bertz CT molecular complexity index is 203. The van der Waals surface area contributed by atoms with E-state index >= 15 is 0 Å². The quantitative estimate of drug-likeness (QED) is 0.354. The van der Waals surface area contributed by atoms with Crippen LogP contribution in [0.2, 0.25) is 5.82 Å². The molecule has 0 saturated carbocycles. The summed E-state index contributed by atoms with van der Waals surface area (Å²) in [6.45, 7) is 1.97. The summed E-state index contributed by atoms with van der Waals surface area (Å²) in [6.07, 6.45) is 9.35. The number of allylic oxidation sites excluding steroid dienone is 2. The van der Waals surface area contributed by atoms with E-state index in [1.54, 1.807) is 7.17 Å². The molecule has 13 heavy (non-hydrogen) atoms. The van der Waals surface area contributed by atoms with Crippen molar-refractivity contribution >= 4 is 21.2 Å². The van der Waals surface area contributed by atoms with Crippen LogP contribution in [0.15, 0.2) is 12.2 Å². The second kappa shape index (κ2) is 4.69. The third-order valence-electron chi connectivity index (χ3n) is 2.69. The van der Waals surface area contributed by atoms with Gasteiger partial charge < -0.3 is 4.79 Å². The number of hydrogen-bond acceptors (Lipinski definition) is 1. The first-order valence-corrected chi connectivity index (χ1v) is 4.89. The number of carbonyl (C=O) groups is 1. The van der Waals surface area contributed by atoms with Gasteiger partial charge in [0.05, 0.1) is 7.17 Å². The van der Waals surface area contributed by atoms with Crippen LogP contribution in [0.3, 0.4) is 0 Å². The second-order valence-electron chi connectivity index (χ2n) is 4.11. The van der Waals surface area contributed by atoms with E-state index in [2.05, 4.69) is 6.08 Å². The summed E-state index contributed by atoms with van der Waals surface area (Å²) in [6, 6.07) is 0. The van der Waals surface area contributed by atoms with Crippen molar-refractivity contribution in [3.63, 3.8) is 0 Å². The molecule has 0 spiro atoms. The molecule has 0 fully saturated rings. The van der Waals surface area contributed by atoms with Crippen LogP contribution in [-0.2, 0) is 4.79 Å². The summed E-state index contributed by atoms with van der Waals surface area (Å²) in [4.78, 5) is 10.9. The summed E-state index contributed by atoms with van der Waals surface area (Å²) >= 11 is 0. The van der Waals surface area contributed by atoms with E-state index < -0.39 is 0 Å². The molecular weight excluding hydrogens is 158 g/mol. The highest BCUT2D eigenvalue weighted by molar-refractivity contribution is 6.90. The Kier molecular flexibility index (Phi) is 3.83. The van der Waals surface area contributed by atoms with E-state index in [1.807, 2.05) is 13.0 Å². The zero-order chi connectivity index (χ0) is 9.73. The van der Waals surface area contributed by atoms with E-state index in [9.17, 15) is 4.79 Å². The number of hydrogen-bond donors (Lipinski definition) is 0. The van der Waals surface area contributed by atoms with Gasteiger partial charge in [-0.2, -0.15) is 0 Å². The normalized spacial score (nSPS) is 34.7. The minimum absolute atomic E-state index is 0.305. The van der Waals surface area contributed by atoms with E-state index in [0.717, 1.165) is 25.5 Å². The van der Waals surface area contributed by atoms with Crippen molar-refractivity contribution < 1.29 is 4.79 Å². The summed E-state index contributed by atoms with van der Waals surface area (Å²) in [5.74, 6) is 0.389. The van der Waals surface area contributed by atoms with Gasteiger partial charge in [-0.15, -0.1) is 0 Å². The molecule has 1 nitrogen and oxygen atoms in total. The third-order valence-corrected chi connectivity index (χ3v) is 2.69. The molecule has 1 aliphatic carbocycles. The predicted molar refractivity (Wildman–Crippen MR) is 57.0 cm³/mol. The van der Waals surface area contributed by atoms with Crippen LogP contribution in [0.25, 0.3) is 0 Å². The van der Waals surface area contributed by atoms with E-state index in [-0.39, 0.29) is 5.41 Å². The fourth-order valence-corrected chi connectivity index (χ4v) is 1.84. The Balaban J connectivity index is 2.70. The summed E-state index contributed by atoms with van der Waals surface area (Å²) in [5, 5.41) is 0. The van der Waals surface area contributed by atoms with Crippen molar-refractivity contribution in [1.82, 2.24) is 0 Å². The molecule has 0 N–H and O–H groups in total. The highest BCUT2D eigenvalue weighted by atomic mass is 16.1. The van der Waals surface area contributed by atoms with Gasteiger partial charge in [0.1, 0.15) is 6.29 Å². The van der Waals surface area contributed by atoms with Gasteiger partial charge in [0.2, 0.25) is 0 Å². The fraction of sp³-hybridized carbons (Fsp3) is 0.700.